The largest absolute Gasteiger partial charge is 0.482 e. The molecule has 0 atom stereocenters. The van der Waals surface area contributed by atoms with Crippen LogP contribution in [-0.2, 0) is 20.7 Å². The number of carbonyl (C=O) groups is 2. The maximum absolute atomic E-state index is 12.6. The van der Waals surface area contributed by atoms with Gasteiger partial charge in [-0.25, -0.2) is 4.79 Å². The highest BCUT2D eigenvalue weighted by atomic mass is 32.2. The van der Waals surface area contributed by atoms with Gasteiger partial charge in [0.25, 0.3) is 5.91 Å². The van der Waals surface area contributed by atoms with Crippen LogP contribution in [0.2, 0.25) is 0 Å². The number of carbonyl (C=O) groups excluding carboxylic acids is 2. The van der Waals surface area contributed by atoms with Crippen LogP contribution in [0.1, 0.15) is 25.0 Å². The summed E-state index contributed by atoms with van der Waals surface area (Å²) in [6.07, 6.45) is 4.19. The van der Waals surface area contributed by atoms with E-state index in [9.17, 15) is 9.59 Å². The highest BCUT2D eigenvalue weighted by Gasteiger charge is 2.31. The van der Waals surface area contributed by atoms with Crippen molar-refractivity contribution in [1.82, 2.24) is 4.90 Å². The van der Waals surface area contributed by atoms with Gasteiger partial charge in [0.05, 0.1) is 12.0 Å². The molecule has 144 valence electrons. The maximum Gasteiger partial charge on any atom is 0.343 e. The van der Waals surface area contributed by atoms with Crippen molar-refractivity contribution in [1.29, 1.82) is 0 Å². The molecule has 0 bridgehead atoms. The lowest BCUT2D eigenvalue weighted by atomic mass is 10.1. The Labute approximate surface area is 163 Å². The third kappa shape index (κ3) is 5.23. The van der Waals surface area contributed by atoms with Crippen molar-refractivity contribution in [3.05, 3.63) is 46.9 Å². The number of methoxy groups -OCH3 is 1. The van der Waals surface area contributed by atoms with E-state index >= 15 is 0 Å². The summed E-state index contributed by atoms with van der Waals surface area (Å²) < 4.78 is 10.1. The Morgan fingerprint density at radius 2 is 2.15 bits per heavy atom. The third-order valence-electron chi connectivity index (χ3n) is 3.82. The maximum atomic E-state index is 12.6. The number of thioether (sulfide) groups is 1. The first-order valence-corrected chi connectivity index (χ1v) is 9.54. The van der Waals surface area contributed by atoms with E-state index in [1.54, 1.807) is 17.0 Å². The number of esters is 1. The minimum Gasteiger partial charge on any atom is -0.482 e. The van der Waals surface area contributed by atoms with Crippen molar-refractivity contribution in [3.8, 4) is 5.75 Å². The van der Waals surface area contributed by atoms with Crippen molar-refractivity contribution >= 4 is 34.9 Å². The second-order valence-corrected chi connectivity index (χ2v) is 6.65. The fourth-order valence-corrected chi connectivity index (χ4v) is 3.64. The molecule has 0 aliphatic carbocycles. The number of hydrogen-bond donors (Lipinski definition) is 0. The fourth-order valence-electron chi connectivity index (χ4n) is 2.53. The van der Waals surface area contributed by atoms with Crippen molar-refractivity contribution in [2.24, 2.45) is 4.99 Å². The fraction of sp³-hybridized carbons (Fsp3) is 0.350. The first-order chi connectivity index (χ1) is 13.0. The highest BCUT2D eigenvalue weighted by molar-refractivity contribution is 8.18. The third-order valence-corrected chi connectivity index (χ3v) is 4.86. The zero-order chi connectivity index (χ0) is 19.8. The molecule has 1 amide bonds. The lowest BCUT2D eigenvalue weighted by Crippen LogP contribution is -2.28. The Bertz CT molecular complexity index is 786. The van der Waals surface area contributed by atoms with Gasteiger partial charge in [-0.2, -0.15) is 0 Å². The minimum absolute atomic E-state index is 0.0361. The quantitative estimate of drug-likeness (QED) is 0.388. The molecule has 6 nitrogen and oxygen atoms in total. The second-order valence-electron chi connectivity index (χ2n) is 5.64. The molecule has 1 aliphatic rings. The number of amidine groups is 1. The van der Waals surface area contributed by atoms with Crippen LogP contribution < -0.4 is 4.74 Å². The SMILES string of the molecule is C=CCc1cc(/C=C2\SC(=NCC)N(CC)C2=O)ccc1OCC(=O)OC. The van der Waals surface area contributed by atoms with Crippen LogP contribution >= 0.6 is 11.8 Å². The molecule has 1 saturated heterocycles. The molecule has 2 rings (SSSR count). The van der Waals surface area contributed by atoms with Gasteiger partial charge in [0, 0.05) is 13.1 Å². The van der Waals surface area contributed by atoms with Crippen LogP contribution in [0.5, 0.6) is 5.75 Å². The molecule has 0 aromatic heterocycles. The van der Waals surface area contributed by atoms with E-state index < -0.39 is 5.97 Å². The molecule has 1 aromatic carbocycles. The minimum atomic E-state index is -0.443. The molecule has 1 heterocycles. The number of ether oxygens (including phenoxy) is 2. The highest BCUT2D eigenvalue weighted by Crippen LogP contribution is 2.33. The molecule has 0 N–H and O–H groups in total. The van der Waals surface area contributed by atoms with Gasteiger partial charge < -0.3 is 9.47 Å². The zero-order valence-electron chi connectivity index (χ0n) is 15.9. The van der Waals surface area contributed by atoms with E-state index in [4.69, 9.17) is 4.74 Å². The second kappa shape index (κ2) is 9.97. The van der Waals surface area contributed by atoms with E-state index in [2.05, 4.69) is 16.3 Å². The summed E-state index contributed by atoms with van der Waals surface area (Å²) in [7, 11) is 1.32. The smallest absolute Gasteiger partial charge is 0.343 e. The van der Waals surface area contributed by atoms with Gasteiger partial charge >= 0.3 is 5.97 Å². The van der Waals surface area contributed by atoms with Crippen LogP contribution in [0.25, 0.3) is 6.08 Å². The van der Waals surface area contributed by atoms with E-state index in [0.29, 0.717) is 30.2 Å². The molecule has 0 radical (unpaired) electrons. The first kappa shape index (κ1) is 20.8. The summed E-state index contributed by atoms with van der Waals surface area (Å²) in [4.78, 5) is 30.6. The van der Waals surface area contributed by atoms with E-state index in [0.717, 1.165) is 16.3 Å². The molecule has 0 spiro atoms. The Balaban J connectivity index is 2.28. The average Bonchev–Trinajstić information content (AvgIpc) is 2.95. The van der Waals surface area contributed by atoms with Gasteiger partial charge in [-0.3, -0.25) is 14.7 Å². The number of amides is 1. The molecule has 27 heavy (non-hydrogen) atoms. The number of likely N-dealkylation sites (N-methyl/N-ethyl adjacent to an activating group) is 1. The van der Waals surface area contributed by atoms with E-state index in [1.807, 2.05) is 32.1 Å². The summed E-state index contributed by atoms with van der Waals surface area (Å²) in [6, 6.07) is 5.57. The molecular weight excluding hydrogens is 364 g/mol. The molecule has 0 unspecified atom stereocenters. The Kier molecular flexibility index (Phi) is 7.67. The number of allylic oxidation sites excluding steroid dienone is 1. The van der Waals surface area contributed by atoms with Crippen LogP contribution in [-0.4, -0.2) is 48.8 Å². The van der Waals surface area contributed by atoms with Crippen molar-refractivity contribution in [3.63, 3.8) is 0 Å². The summed E-state index contributed by atoms with van der Waals surface area (Å²) >= 11 is 1.39. The predicted molar refractivity (Wildman–Crippen MR) is 109 cm³/mol. The number of rotatable bonds is 8. The molecule has 1 aromatic rings. The Hall–Kier alpha value is -2.54. The van der Waals surface area contributed by atoms with Gasteiger partial charge in [-0.05, 0) is 61.4 Å². The van der Waals surface area contributed by atoms with Crippen LogP contribution in [0.15, 0.2) is 40.8 Å². The number of benzene rings is 1. The Morgan fingerprint density at radius 1 is 1.37 bits per heavy atom. The monoisotopic (exact) mass is 388 g/mol. The molecule has 0 saturated carbocycles. The lowest BCUT2D eigenvalue weighted by molar-refractivity contribution is -0.142. The predicted octanol–water partition coefficient (Wildman–Crippen LogP) is 3.28. The van der Waals surface area contributed by atoms with Gasteiger partial charge in [0.2, 0.25) is 0 Å². The van der Waals surface area contributed by atoms with Crippen molar-refractivity contribution in [2.75, 3.05) is 26.8 Å². The van der Waals surface area contributed by atoms with Crippen LogP contribution in [0.4, 0.5) is 0 Å². The van der Waals surface area contributed by atoms with Crippen LogP contribution in [0, 0.1) is 0 Å². The molecular formula is C20H24N2O4S. The van der Waals surface area contributed by atoms with E-state index in [1.165, 1.54) is 18.9 Å². The van der Waals surface area contributed by atoms with Gasteiger partial charge in [-0.1, -0.05) is 12.1 Å². The summed E-state index contributed by atoms with van der Waals surface area (Å²) in [5.74, 6) is 0.114. The summed E-state index contributed by atoms with van der Waals surface area (Å²) in [5.41, 5.74) is 1.76. The van der Waals surface area contributed by atoms with Gasteiger partial charge in [0.15, 0.2) is 11.8 Å². The topological polar surface area (TPSA) is 68.2 Å². The number of nitrogens with zero attached hydrogens (tertiary/aromatic N) is 2. The van der Waals surface area contributed by atoms with Gasteiger partial charge in [0.1, 0.15) is 5.75 Å². The lowest BCUT2D eigenvalue weighted by Gasteiger charge is -2.11. The number of aliphatic imine (C=N–C) groups is 1. The van der Waals surface area contributed by atoms with Crippen LogP contribution in [0.3, 0.4) is 0 Å². The first-order valence-electron chi connectivity index (χ1n) is 8.73. The van der Waals surface area contributed by atoms with Gasteiger partial charge in [-0.15, -0.1) is 6.58 Å². The summed E-state index contributed by atoms with van der Waals surface area (Å²) in [5, 5.41) is 0.737. The van der Waals surface area contributed by atoms with Crippen molar-refractivity contribution in [2.45, 2.75) is 20.3 Å². The molecule has 1 fully saturated rings. The van der Waals surface area contributed by atoms with E-state index in [-0.39, 0.29) is 12.5 Å². The zero-order valence-corrected chi connectivity index (χ0v) is 16.7. The number of hydrogen-bond acceptors (Lipinski definition) is 6. The standard InChI is InChI=1S/C20H24N2O4S/c1-5-8-15-11-14(9-10-16(15)26-13-18(23)25-4)12-17-19(24)22(7-3)20(27-17)21-6-2/h5,9-12H,1,6-8,13H2,2-4H3/b17-12-,21-20?. The summed E-state index contributed by atoms with van der Waals surface area (Å²) in [6.45, 7) is 8.71. The Morgan fingerprint density at radius 3 is 2.78 bits per heavy atom. The average molecular weight is 388 g/mol. The molecule has 1 aliphatic heterocycles. The van der Waals surface area contributed by atoms with Crippen molar-refractivity contribution < 1.29 is 19.1 Å². The molecule has 7 heteroatoms. The normalized spacial score (nSPS) is 16.9.